The van der Waals surface area contributed by atoms with Gasteiger partial charge in [0.05, 0.1) is 6.20 Å². The minimum absolute atomic E-state index is 0.139. The highest BCUT2D eigenvalue weighted by Crippen LogP contribution is 2.15. The van der Waals surface area contributed by atoms with Crippen molar-refractivity contribution in [1.29, 1.82) is 0 Å². The summed E-state index contributed by atoms with van der Waals surface area (Å²) < 4.78 is 39.8. The molecular formula is C12H14FN3O2S. The fraction of sp³-hybridized carbons (Fsp3) is 0.250. The molecule has 0 saturated carbocycles. The molecule has 0 unspecified atom stereocenters. The second-order valence-electron chi connectivity index (χ2n) is 4.24. The SMILES string of the molecule is CN(Cc1ccc(F)cc1)S(=O)(=O)c1cnn(C)c1. The van der Waals surface area contributed by atoms with Crippen LogP contribution in [0, 0.1) is 5.82 Å². The molecule has 102 valence electrons. The highest BCUT2D eigenvalue weighted by molar-refractivity contribution is 7.89. The van der Waals surface area contributed by atoms with Gasteiger partial charge in [0.25, 0.3) is 0 Å². The molecule has 0 atom stereocenters. The van der Waals surface area contributed by atoms with E-state index in [1.807, 2.05) is 0 Å². The van der Waals surface area contributed by atoms with E-state index in [2.05, 4.69) is 5.10 Å². The van der Waals surface area contributed by atoms with Crippen LogP contribution >= 0.6 is 0 Å². The van der Waals surface area contributed by atoms with Gasteiger partial charge in [0.1, 0.15) is 10.7 Å². The fourth-order valence-electron chi connectivity index (χ4n) is 1.64. The Morgan fingerprint density at radius 3 is 2.47 bits per heavy atom. The average Bonchev–Trinajstić information content (AvgIpc) is 2.79. The van der Waals surface area contributed by atoms with Gasteiger partial charge in [-0.3, -0.25) is 4.68 Å². The minimum Gasteiger partial charge on any atom is -0.274 e. The van der Waals surface area contributed by atoms with Crippen molar-refractivity contribution in [2.75, 3.05) is 7.05 Å². The quantitative estimate of drug-likeness (QED) is 0.852. The summed E-state index contributed by atoms with van der Waals surface area (Å²) in [6, 6.07) is 5.73. The van der Waals surface area contributed by atoms with Crippen molar-refractivity contribution in [2.24, 2.45) is 7.05 Å². The van der Waals surface area contributed by atoms with Crippen LogP contribution in [0.2, 0.25) is 0 Å². The van der Waals surface area contributed by atoms with Crippen molar-refractivity contribution >= 4 is 10.0 Å². The summed E-state index contributed by atoms with van der Waals surface area (Å²) in [5.74, 6) is -0.346. The molecule has 1 heterocycles. The zero-order valence-corrected chi connectivity index (χ0v) is 11.4. The summed E-state index contributed by atoms with van der Waals surface area (Å²) in [6.45, 7) is 0.178. The van der Waals surface area contributed by atoms with Crippen molar-refractivity contribution in [1.82, 2.24) is 14.1 Å². The maximum absolute atomic E-state index is 12.8. The van der Waals surface area contributed by atoms with E-state index in [9.17, 15) is 12.8 Å². The third kappa shape index (κ3) is 2.99. The van der Waals surface area contributed by atoms with Crippen molar-refractivity contribution in [3.8, 4) is 0 Å². The summed E-state index contributed by atoms with van der Waals surface area (Å²) in [7, 11) is -0.441. The molecule has 0 aliphatic carbocycles. The molecule has 0 fully saturated rings. The van der Waals surface area contributed by atoms with Crippen molar-refractivity contribution in [3.63, 3.8) is 0 Å². The van der Waals surface area contributed by atoms with Gasteiger partial charge in [-0.05, 0) is 17.7 Å². The number of rotatable bonds is 4. The van der Waals surface area contributed by atoms with Crippen LogP contribution in [-0.4, -0.2) is 29.6 Å². The van der Waals surface area contributed by atoms with Gasteiger partial charge in [-0.25, -0.2) is 12.8 Å². The number of aromatic nitrogens is 2. The van der Waals surface area contributed by atoms with Crippen LogP contribution in [0.15, 0.2) is 41.6 Å². The predicted molar refractivity (Wildman–Crippen MR) is 68.3 cm³/mol. The first-order valence-electron chi connectivity index (χ1n) is 5.59. The standard InChI is InChI=1S/C12H14FN3O2S/c1-15-9-12(7-14-15)19(17,18)16(2)8-10-3-5-11(13)6-4-10/h3-7,9H,8H2,1-2H3. The molecule has 1 aromatic carbocycles. The van der Waals surface area contributed by atoms with Crippen molar-refractivity contribution in [2.45, 2.75) is 11.4 Å². The monoisotopic (exact) mass is 283 g/mol. The van der Waals surface area contributed by atoms with Crippen LogP contribution in [0.1, 0.15) is 5.56 Å². The molecule has 0 aliphatic heterocycles. The van der Waals surface area contributed by atoms with Crippen LogP contribution in [-0.2, 0) is 23.6 Å². The lowest BCUT2D eigenvalue weighted by Crippen LogP contribution is -2.26. The summed E-state index contributed by atoms with van der Waals surface area (Å²) in [5, 5.41) is 3.85. The largest absolute Gasteiger partial charge is 0.274 e. The Morgan fingerprint density at radius 2 is 1.95 bits per heavy atom. The Labute approximate surface area is 111 Å². The first kappa shape index (κ1) is 13.7. The Hall–Kier alpha value is -1.73. The Kier molecular flexibility index (Phi) is 3.68. The molecule has 2 aromatic rings. The van der Waals surface area contributed by atoms with Gasteiger partial charge in [-0.2, -0.15) is 9.40 Å². The van der Waals surface area contributed by atoms with E-state index >= 15 is 0 Å². The minimum atomic E-state index is -3.57. The van der Waals surface area contributed by atoms with E-state index in [-0.39, 0.29) is 17.3 Å². The highest BCUT2D eigenvalue weighted by atomic mass is 32.2. The average molecular weight is 283 g/mol. The van der Waals surface area contributed by atoms with Crippen LogP contribution < -0.4 is 0 Å². The lowest BCUT2D eigenvalue weighted by atomic mass is 10.2. The van der Waals surface area contributed by atoms with E-state index in [1.54, 1.807) is 19.2 Å². The summed E-state index contributed by atoms with van der Waals surface area (Å²) in [5.41, 5.74) is 0.719. The third-order valence-corrected chi connectivity index (χ3v) is 4.46. The normalized spacial score (nSPS) is 12.0. The van der Waals surface area contributed by atoms with E-state index in [4.69, 9.17) is 0 Å². The second kappa shape index (κ2) is 5.10. The lowest BCUT2D eigenvalue weighted by Gasteiger charge is -2.15. The molecule has 0 radical (unpaired) electrons. The smallest absolute Gasteiger partial charge is 0.246 e. The molecule has 0 aliphatic rings. The van der Waals surface area contributed by atoms with Gasteiger partial charge in [-0.1, -0.05) is 12.1 Å². The van der Waals surface area contributed by atoms with Gasteiger partial charge < -0.3 is 0 Å². The molecule has 0 N–H and O–H groups in total. The summed E-state index contributed by atoms with van der Waals surface area (Å²) >= 11 is 0. The zero-order valence-electron chi connectivity index (χ0n) is 10.6. The van der Waals surface area contributed by atoms with Gasteiger partial charge in [-0.15, -0.1) is 0 Å². The molecule has 5 nitrogen and oxygen atoms in total. The van der Waals surface area contributed by atoms with E-state index in [0.717, 1.165) is 5.56 Å². The van der Waals surface area contributed by atoms with E-state index < -0.39 is 10.0 Å². The van der Waals surface area contributed by atoms with E-state index in [0.29, 0.717) is 0 Å². The Morgan fingerprint density at radius 1 is 1.32 bits per heavy atom. The molecule has 19 heavy (non-hydrogen) atoms. The lowest BCUT2D eigenvalue weighted by molar-refractivity contribution is 0.466. The molecule has 0 saturated heterocycles. The molecule has 0 bridgehead atoms. The Balaban J connectivity index is 2.19. The highest BCUT2D eigenvalue weighted by Gasteiger charge is 2.22. The number of nitrogens with zero attached hydrogens (tertiary/aromatic N) is 3. The van der Waals surface area contributed by atoms with Crippen LogP contribution in [0.5, 0.6) is 0 Å². The Bertz CT molecular complexity index is 665. The topological polar surface area (TPSA) is 55.2 Å². The molecule has 0 amide bonds. The van der Waals surface area contributed by atoms with Gasteiger partial charge in [0, 0.05) is 26.8 Å². The molecule has 0 spiro atoms. The van der Waals surface area contributed by atoms with Gasteiger partial charge in [0.2, 0.25) is 10.0 Å². The van der Waals surface area contributed by atoms with Crippen LogP contribution in [0.3, 0.4) is 0 Å². The maximum Gasteiger partial charge on any atom is 0.246 e. The maximum atomic E-state index is 12.8. The summed E-state index contributed by atoms with van der Waals surface area (Å²) in [4.78, 5) is 0.139. The number of halogens is 1. The van der Waals surface area contributed by atoms with Crippen molar-refractivity contribution < 1.29 is 12.8 Å². The summed E-state index contributed by atoms with van der Waals surface area (Å²) in [6.07, 6.45) is 2.74. The first-order valence-corrected chi connectivity index (χ1v) is 7.03. The number of sulfonamides is 1. The predicted octanol–water partition coefficient (Wildman–Crippen LogP) is 1.38. The third-order valence-electron chi connectivity index (χ3n) is 2.71. The zero-order chi connectivity index (χ0) is 14.0. The molecule has 1 aromatic heterocycles. The number of hydrogen-bond acceptors (Lipinski definition) is 3. The first-order chi connectivity index (χ1) is 8.89. The van der Waals surface area contributed by atoms with Crippen molar-refractivity contribution in [3.05, 3.63) is 48.0 Å². The van der Waals surface area contributed by atoms with Gasteiger partial charge >= 0.3 is 0 Å². The number of benzene rings is 1. The molecular weight excluding hydrogens is 269 g/mol. The fourth-order valence-corrected chi connectivity index (χ4v) is 2.79. The molecule has 7 heteroatoms. The van der Waals surface area contributed by atoms with Crippen LogP contribution in [0.25, 0.3) is 0 Å². The molecule has 2 rings (SSSR count). The van der Waals surface area contributed by atoms with Crippen LogP contribution in [0.4, 0.5) is 4.39 Å². The van der Waals surface area contributed by atoms with E-state index in [1.165, 1.54) is 40.6 Å². The number of aryl methyl sites for hydroxylation is 1. The number of hydrogen-bond donors (Lipinski definition) is 0. The second-order valence-corrected chi connectivity index (χ2v) is 6.28. The van der Waals surface area contributed by atoms with Gasteiger partial charge in [0.15, 0.2) is 0 Å².